The molecule has 0 bridgehead atoms. The second-order valence-corrected chi connectivity index (χ2v) is 1.60. The Morgan fingerprint density at radius 2 is 1.73 bits per heavy atom. The molecule has 0 saturated heterocycles. The van der Waals surface area contributed by atoms with E-state index in [0.29, 0.717) is 0 Å². The van der Waals surface area contributed by atoms with Gasteiger partial charge in [0.2, 0.25) is 0 Å². The van der Waals surface area contributed by atoms with Crippen molar-refractivity contribution >= 4 is 5.97 Å². The van der Waals surface area contributed by atoms with Crippen LogP contribution in [0.3, 0.4) is 0 Å². The van der Waals surface area contributed by atoms with Gasteiger partial charge in [-0.25, -0.2) is 0 Å². The Morgan fingerprint density at radius 3 is 1.73 bits per heavy atom. The number of carboxylic acid groups (broad SMARTS) is 1. The molecule has 0 atom stereocenters. The Morgan fingerprint density at radius 1 is 1.55 bits per heavy atom. The van der Waals surface area contributed by atoms with E-state index in [-0.39, 0.29) is 0 Å². The van der Waals surface area contributed by atoms with Crippen molar-refractivity contribution < 1.29 is 28.4 Å². The van der Waals surface area contributed by atoms with Crippen molar-refractivity contribution in [2.24, 2.45) is 0 Å². The molecule has 68 valence electrons. The van der Waals surface area contributed by atoms with Gasteiger partial charge in [-0.15, -0.1) is 0 Å². The van der Waals surface area contributed by atoms with Crippen molar-refractivity contribution in [3.8, 4) is 0 Å². The summed E-state index contributed by atoms with van der Waals surface area (Å²) in [6.45, 7) is 3.32. The molecule has 0 spiro atoms. The molecule has 2 N–H and O–H groups in total. The molecule has 0 radical (unpaired) electrons. The van der Waals surface area contributed by atoms with Gasteiger partial charge in [0.25, 0.3) is 0 Å². The first-order valence-corrected chi connectivity index (χ1v) is 2.92. The van der Waals surface area contributed by atoms with Crippen LogP contribution in [0.5, 0.6) is 0 Å². The summed E-state index contributed by atoms with van der Waals surface area (Å²) in [5.41, 5.74) is 0. The number of hydrogen-bond acceptors (Lipinski definition) is 2. The van der Waals surface area contributed by atoms with Crippen LogP contribution in [-0.4, -0.2) is 25.7 Å². The van der Waals surface area contributed by atoms with E-state index in [2.05, 4.69) is 19.3 Å². The molecule has 0 aromatic heterocycles. The molecule has 0 saturated carbocycles. The van der Waals surface area contributed by atoms with Gasteiger partial charge in [0.05, 0.1) is 13.6 Å². The number of aliphatic carboxylic acids is 1. The van der Waals surface area contributed by atoms with Crippen LogP contribution in [0.25, 0.3) is 0 Å². The standard InChI is InChI=1S/C3H9N.C2HF3O2/c1-3-4-2;3-2(4,5)1(6)7/h4H,3H2,1-2H3;(H,6,7). The molecule has 0 amide bonds. The maximum atomic E-state index is 10.5. The molecule has 6 heteroatoms. The van der Waals surface area contributed by atoms with Gasteiger partial charge in [-0.3, -0.25) is 0 Å². The van der Waals surface area contributed by atoms with E-state index in [1.165, 1.54) is 6.54 Å². The van der Waals surface area contributed by atoms with Crippen LogP contribution in [0.1, 0.15) is 6.92 Å². The number of quaternary nitrogens is 1. The van der Waals surface area contributed by atoms with E-state index in [0.717, 1.165) is 0 Å². The molecule has 0 aliphatic heterocycles. The Kier molecular flexibility index (Phi) is 6.97. The Hall–Kier alpha value is -0.780. The average molecular weight is 173 g/mol. The number of hydrogen-bond donors (Lipinski definition) is 1. The predicted octanol–water partition coefficient (Wildman–Crippen LogP) is -1.50. The van der Waals surface area contributed by atoms with Gasteiger partial charge in [0.15, 0.2) is 0 Å². The van der Waals surface area contributed by atoms with E-state index in [4.69, 9.17) is 9.90 Å². The lowest BCUT2D eigenvalue weighted by Crippen LogP contribution is -2.78. The highest BCUT2D eigenvalue weighted by Gasteiger charge is 2.28. The minimum atomic E-state index is -5.19. The smallest absolute Gasteiger partial charge is 0.430 e. The molecule has 3 nitrogen and oxygen atoms in total. The van der Waals surface area contributed by atoms with Gasteiger partial charge >= 0.3 is 6.18 Å². The molecule has 0 aliphatic carbocycles. The molecule has 0 rings (SSSR count). The van der Waals surface area contributed by atoms with Gasteiger partial charge in [0, 0.05) is 0 Å². The third kappa shape index (κ3) is 12.4. The molecule has 0 aromatic carbocycles. The van der Waals surface area contributed by atoms with Crippen LogP contribution in [-0.2, 0) is 4.79 Å². The summed E-state index contributed by atoms with van der Waals surface area (Å²) in [5, 5.41) is 10.9. The van der Waals surface area contributed by atoms with Crippen molar-refractivity contribution in [2.75, 3.05) is 13.6 Å². The van der Waals surface area contributed by atoms with Gasteiger partial charge in [0.1, 0.15) is 5.97 Å². The summed E-state index contributed by atoms with van der Waals surface area (Å²) >= 11 is 0. The highest BCUT2D eigenvalue weighted by atomic mass is 19.4. The third-order valence-corrected chi connectivity index (χ3v) is 0.640. The lowest BCUT2D eigenvalue weighted by molar-refractivity contribution is -0.623. The second kappa shape index (κ2) is 5.96. The highest BCUT2D eigenvalue weighted by molar-refractivity contribution is 5.70. The number of nitrogens with two attached hydrogens (primary N) is 1. The molecule has 11 heavy (non-hydrogen) atoms. The fourth-order valence-electron chi connectivity index (χ4n) is 0. The van der Waals surface area contributed by atoms with Crippen LogP contribution in [0.4, 0.5) is 13.2 Å². The van der Waals surface area contributed by atoms with Crippen molar-refractivity contribution in [2.45, 2.75) is 13.1 Å². The Balaban J connectivity index is 0. The van der Waals surface area contributed by atoms with Crippen molar-refractivity contribution in [3.63, 3.8) is 0 Å². The maximum absolute atomic E-state index is 10.5. The zero-order valence-electron chi connectivity index (χ0n) is 6.23. The normalized spacial score (nSPS) is 9.91. The highest BCUT2D eigenvalue weighted by Crippen LogP contribution is 2.11. The van der Waals surface area contributed by atoms with Crippen LogP contribution >= 0.6 is 0 Å². The van der Waals surface area contributed by atoms with E-state index < -0.39 is 12.1 Å². The van der Waals surface area contributed by atoms with Crippen molar-refractivity contribution in [1.29, 1.82) is 0 Å². The summed E-state index contributed by atoms with van der Waals surface area (Å²) in [7, 11) is 2.06. The van der Waals surface area contributed by atoms with Crippen LogP contribution < -0.4 is 10.4 Å². The van der Waals surface area contributed by atoms with E-state index in [1.807, 2.05) is 0 Å². The zero-order chi connectivity index (χ0) is 9.49. The maximum Gasteiger partial charge on any atom is 0.430 e. The van der Waals surface area contributed by atoms with Gasteiger partial charge in [-0.2, -0.15) is 13.2 Å². The first-order chi connectivity index (χ1) is 4.86. The monoisotopic (exact) mass is 173 g/mol. The number of carboxylic acids is 1. The molecule has 0 unspecified atom stereocenters. The Labute approximate surface area is 62.2 Å². The Bertz CT molecular complexity index is 111. The molecule has 0 fully saturated rings. The lowest BCUT2D eigenvalue weighted by atomic mass is 10.7. The minimum Gasteiger partial charge on any atom is -0.542 e. The van der Waals surface area contributed by atoms with Gasteiger partial charge in [-0.05, 0) is 6.92 Å². The molecule has 0 aromatic rings. The topological polar surface area (TPSA) is 56.7 Å². The SMILES string of the molecule is CC[NH2+]C.O=C([O-])C(F)(F)F. The number of alkyl halides is 3. The second-order valence-electron chi connectivity index (χ2n) is 1.60. The molecule has 0 heterocycles. The van der Waals surface area contributed by atoms with E-state index in [9.17, 15) is 13.2 Å². The first-order valence-electron chi connectivity index (χ1n) is 2.92. The predicted molar refractivity (Wildman–Crippen MR) is 29.5 cm³/mol. The number of carbonyl (C=O) groups is 1. The minimum absolute atomic E-state index is 1.19. The number of carbonyl (C=O) groups excluding carboxylic acids is 1. The summed E-state index contributed by atoms with van der Waals surface area (Å²) in [5.74, 6) is -3.01. The molecular formula is C5H10F3NO2. The van der Waals surface area contributed by atoms with Gasteiger partial charge < -0.3 is 15.2 Å². The fraction of sp³-hybridized carbons (Fsp3) is 0.800. The largest absolute Gasteiger partial charge is 0.542 e. The average Bonchev–Trinajstić information content (AvgIpc) is 1.87. The van der Waals surface area contributed by atoms with Crippen molar-refractivity contribution in [3.05, 3.63) is 0 Å². The summed E-state index contributed by atoms with van der Waals surface area (Å²) in [6, 6.07) is 0. The summed E-state index contributed by atoms with van der Waals surface area (Å²) in [6.07, 6.45) is -5.19. The van der Waals surface area contributed by atoms with Crippen LogP contribution in [0.2, 0.25) is 0 Å². The van der Waals surface area contributed by atoms with Gasteiger partial charge in [-0.1, -0.05) is 0 Å². The summed E-state index contributed by atoms with van der Waals surface area (Å²) in [4.78, 5) is 8.78. The van der Waals surface area contributed by atoms with E-state index in [1.54, 1.807) is 0 Å². The van der Waals surface area contributed by atoms with Crippen molar-refractivity contribution in [1.82, 2.24) is 0 Å². The van der Waals surface area contributed by atoms with Crippen LogP contribution in [0, 0.1) is 0 Å². The van der Waals surface area contributed by atoms with Crippen LogP contribution in [0.15, 0.2) is 0 Å². The first kappa shape index (κ1) is 12.9. The number of rotatable bonds is 1. The third-order valence-electron chi connectivity index (χ3n) is 0.640. The molecular weight excluding hydrogens is 163 g/mol. The lowest BCUT2D eigenvalue weighted by Gasteiger charge is -2.03. The fourth-order valence-corrected chi connectivity index (χ4v) is 0. The molecule has 0 aliphatic rings. The summed E-state index contributed by atoms with van der Waals surface area (Å²) < 4.78 is 31.5. The van der Waals surface area contributed by atoms with E-state index >= 15 is 0 Å². The zero-order valence-corrected chi connectivity index (χ0v) is 6.23. The quantitative estimate of drug-likeness (QED) is 0.524. The number of halogens is 3.